The zero-order valence-electron chi connectivity index (χ0n) is 21.0. The Morgan fingerprint density at radius 2 is 1.81 bits per heavy atom. The molecule has 1 atom stereocenters. The molecule has 1 unspecified atom stereocenters. The smallest absolute Gasteiger partial charge is 0.337 e. The van der Waals surface area contributed by atoms with Crippen LogP contribution in [-0.4, -0.2) is 78.7 Å². The lowest BCUT2D eigenvalue weighted by Gasteiger charge is -2.33. The molecule has 3 rings (SSSR count). The maximum atomic E-state index is 12.7. The van der Waals surface area contributed by atoms with Crippen LogP contribution in [0.15, 0.2) is 24.3 Å². The first kappa shape index (κ1) is 27.6. The van der Waals surface area contributed by atoms with E-state index in [1.165, 1.54) is 7.11 Å². The van der Waals surface area contributed by atoms with E-state index in [9.17, 15) is 24.4 Å². The minimum atomic E-state index is -0.535. The second-order valence-electron chi connectivity index (χ2n) is 9.75. The Morgan fingerprint density at radius 1 is 1.14 bits per heavy atom. The van der Waals surface area contributed by atoms with Crippen molar-refractivity contribution >= 4 is 24.2 Å². The molecule has 1 heterocycles. The largest absolute Gasteiger partial charge is 0.465 e. The van der Waals surface area contributed by atoms with Crippen LogP contribution in [0.25, 0.3) is 0 Å². The summed E-state index contributed by atoms with van der Waals surface area (Å²) in [7, 11) is 1.36. The minimum Gasteiger partial charge on any atom is -0.465 e. The quantitative estimate of drug-likeness (QED) is 0.172. The summed E-state index contributed by atoms with van der Waals surface area (Å²) < 4.78 is 4.71. The van der Waals surface area contributed by atoms with Crippen molar-refractivity contribution in [3.63, 3.8) is 0 Å². The van der Waals surface area contributed by atoms with Gasteiger partial charge in [0, 0.05) is 25.7 Å². The SMILES string of the molecule is COC(=O)c1ccc(CNC2CCN(C(=O)CNC(=O)C(CC3CCCC3)CN(O)C=O)CC2)cc1. The summed E-state index contributed by atoms with van der Waals surface area (Å²) in [6.45, 7) is 1.73. The zero-order valence-corrected chi connectivity index (χ0v) is 21.0. The first-order valence-corrected chi connectivity index (χ1v) is 12.8. The molecule has 0 spiro atoms. The number of hydrogen-bond donors (Lipinski definition) is 3. The minimum absolute atomic E-state index is 0.0670. The third-order valence-corrected chi connectivity index (χ3v) is 7.22. The summed E-state index contributed by atoms with van der Waals surface area (Å²) in [4.78, 5) is 49.6. The third kappa shape index (κ3) is 8.30. The lowest BCUT2D eigenvalue weighted by atomic mass is 9.92. The molecule has 1 saturated heterocycles. The first-order chi connectivity index (χ1) is 17.4. The molecule has 36 heavy (non-hydrogen) atoms. The molecular formula is C26H38N4O6. The second kappa shape index (κ2) is 13.9. The number of amides is 3. The number of nitrogens with one attached hydrogen (secondary N) is 2. The van der Waals surface area contributed by atoms with Crippen molar-refractivity contribution in [2.45, 2.75) is 57.5 Å². The predicted octanol–water partition coefficient (Wildman–Crippen LogP) is 1.71. The van der Waals surface area contributed by atoms with E-state index in [4.69, 9.17) is 4.74 Å². The maximum absolute atomic E-state index is 12.7. The van der Waals surface area contributed by atoms with Gasteiger partial charge in [-0.1, -0.05) is 37.8 Å². The van der Waals surface area contributed by atoms with Crippen molar-refractivity contribution in [2.75, 3.05) is 33.3 Å². The van der Waals surface area contributed by atoms with Crippen molar-refractivity contribution < 1.29 is 29.1 Å². The van der Waals surface area contributed by atoms with Crippen LogP contribution in [0.2, 0.25) is 0 Å². The normalized spacial score (nSPS) is 17.4. The van der Waals surface area contributed by atoms with Crippen molar-refractivity contribution in [1.29, 1.82) is 0 Å². The molecule has 1 aliphatic carbocycles. The Bertz CT molecular complexity index is 879. The Hall–Kier alpha value is -2.98. The first-order valence-electron chi connectivity index (χ1n) is 12.8. The van der Waals surface area contributed by atoms with E-state index in [1.54, 1.807) is 17.0 Å². The average Bonchev–Trinajstić information content (AvgIpc) is 3.43. The fourth-order valence-electron chi connectivity index (χ4n) is 5.07. The van der Waals surface area contributed by atoms with E-state index in [0.717, 1.165) is 44.1 Å². The molecule has 3 amide bonds. The molecule has 10 nitrogen and oxygen atoms in total. The highest BCUT2D eigenvalue weighted by atomic mass is 16.5. The maximum Gasteiger partial charge on any atom is 0.337 e. The van der Waals surface area contributed by atoms with Gasteiger partial charge in [0.25, 0.3) is 0 Å². The van der Waals surface area contributed by atoms with Crippen LogP contribution < -0.4 is 10.6 Å². The number of carbonyl (C=O) groups is 4. The van der Waals surface area contributed by atoms with Crippen LogP contribution in [0.4, 0.5) is 0 Å². The Kier molecular flexibility index (Phi) is 10.7. The summed E-state index contributed by atoms with van der Waals surface area (Å²) in [5.74, 6) is -0.910. The number of esters is 1. The van der Waals surface area contributed by atoms with Crippen LogP contribution >= 0.6 is 0 Å². The molecule has 198 valence electrons. The fraction of sp³-hybridized carbons (Fsp3) is 0.615. The Labute approximate surface area is 212 Å². The topological polar surface area (TPSA) is 128 Å². The summed E-state index contributed by atoms with van der Waals surface area (Å²) >= 11 is 0. The van der Waals surface area contributed by atoms with Gasteiger partial charge in [-0.2, -0.15) is 0 Å². The molecular weight excluding hydrogens is 464 g/mol. The average molecular weight is 503 g/mol. The highest BCUT2D eigenvalue weighted by Crippen LogP contribution is 2.30. The summed E-state index contributed by atoms with van der Waals surface area (Å²) in [6, 6.07) is 7.55. The molecule has 2 fully saturated rings. The molecule has 0 aromatic heterocycles. The summed E-state index contributed by atoms with van der Waals surface area (Å²) in [6.07, 6.45) is 6.91. The lowest BCUT2D eigenvalue weighted by Crippen LogP contribution is -2.49. The van der Waals surface area contributed by atoms with Gasteiger partial charge in [0.05, 0.1) is 31.7 Å². The van der Waals surface area contributed by atoms with Crippen LogP contribution in [0.1, 0.15) is 60.9 Å². The van der Waals surface area contributed by atoms with Gasteiger partial charge in [-0.15, -0.1) is 0 Å². The number of benzene rings is 1. The van der Waals surface area contributed by atoms with Crippen LogP contribution in [-0.2, 0) is 25.7 Å². The molecule has 1 aliphatic heterocycles. The van der Waals surface area contributed by atoms with Gasteiger partial charge in [-0.25, -0.2) is 9.86 Å². The van der Waals surface area contributed by atoms with Gasteiger partial charge in [0.2, 0.25) is 18.2 Å². The van der Waals surface area contributed by atoms with E-state index in [1.807, 2.05) is 12.1 Å². The van der Waals surface area contributed by atoms with E-state index in [2.05, 4.69) is 10.6 Å². The second-order valence-corrected chi connectivity index (χ2v) is 9.75. The molecule has 1 aromatic rings. The number of hydrogen-bond acceptors (Lipinski definition) is 7. The molecule has 10 heteroatoms. The van der Waals surface area contributed by atoms with Gasteiger partial charge < -0.3 is 20.3 Å². The van der Waals surface area contributed by atoms with Crippen molar-refractivity contribution in [2.24, 2.45) is 11.8 Å². The van der Waals surface area contributed by atoms with Gasteiger partial charge in [-0.05, 0) is 42.9 Å². The highest BCUT2D eigenvalue weighted by molar-refractivity contribution is 5.89. The Morgan fingerprint density at radius 3 is 2.42 bits per heavy atom. The molecule has 3 N–H and O–H groups in total. The van der Waals surface area contributed by atoms with Crippen molar-refractivity contribution in [1.82, 2.24) is 20.6 Å². The number of carbonyl (C=O) groups excluding carboxylic acids is 4. The molecule has 0 radical (unpaired) electrons. The molecule has 1 aromatic carbocycles. The van der Waals surface area contributed by atoms with Crippen LogP contribution in [0.3, 0.4) is 0 Å². The predicted molar refractivity (Wildman–Crippen MR) is 132 cm³/mol. The van der Waals surface area contributed by atoms with Gasteiger partial charge in [-0.3, -0.25) is 19.6 Å². The van der Waals surface area contributed by atoms with E-state index >= 15 is 0 Å². The molecule has 1 saturated carbocycles. The zero-order chi connectivity index (χ0) is 25.9. The number of ether oxygens (including phenoxy) is 1. The number of likely N-dealkylation sites (tertiary alicyclic amines) is 1. The highest BCUT2D eigenvalue weighted by Gasteiger charge is 2.28. The van der Waals surface area contributed by atoms with Gasteiger partial charge in [0.15, 0.2) is 0 Å². The van der Waals surface area contributed by atoms with Crippen LogP contribution in [0.5, 0.6) is 0 Å². The lowest BCUT2D eigenvalue weighted by molar-refractivity contribution is -0.155. The van der Waals surface area contributed by atoms with Gasteiger partial charge >= 0.3 is 5.97 Å². The number of methoxy groups -OCH3 is 1. The van der Waals surface area contributed by atoms with E-state index in [0.29, 0.717) is 49.0 Å². The Balaban J connectivity index is 1.38. The number of piperidine rings is 1. The standard InChI is InChI=1S/C26H38N4O6/c1-36-26(34)21-8-6-20(7-9-21)15-27-23-10-12-29(13-11-23)24(32)16-28-25(33)22(17-30(35)18-31)14-19-4-2-3-5-19/h6-9,18-19,22-23,27,35H,2-5,10-17H2,1H3,(H,28,33). The summed E-state index contributed by atoms with van der Waals surface area (Å²) in [5.41, 5.74) is 1.58. The fourth-order valence-corrected chi connectivity index (χ4v) is 5.07. The van der Waals surface area contributed by atoms with E-state index < -0.39 is 5.92 Å². The van der Waals surface area contributed by atoms with Crippen molar-refractivity contribution in [3.8, 4) is 0 Å². The molecule has 0 bridgehead atoms. The van der Waals surface area contributed by atoms with E-state index in [-0.39, 0.29) is 36.9 Å². The summed E-state index contributed by atoms with van der Waals surface area (Å²) in [5, 5.41) is 16.3. The van der Waals surface area contributed by atoms with Gasteiger partial charge in [0.1, 0.15) is 0 Å². The number of nitrogens with zero attached hydrogens (tertiary/aromatic N) is 2. The molecule has 2 aliphatic rings. The number of hydroxylamine groups is 2. The van der Waals surface area contributed by atoms with Crippen LogP contribution in [0, 0.1) is 11.8 Å². The van der Waals surface area contributed by atoms with Crippen molar-refractivity contribution in [3.05, 3.63) is 35.4 Å². The third-order valence-electron chi connectivity index (χ3n) is 7.22. The monoisotopic (exact) mass is 502 g/mol. The number of rotatable bonds is 12.